The lowest BCUT2D eigenvalue weighted by Gasteiger charge is -2.07. The van der Waals surface area contributed by atoms with Crippen LogP contribution in [0.2, 0.25) is 0 Å². The minimum atomic E-state index is -3.06. The molecule has 0 saturated heterocycles. The Morgan fingerprint density at radius 2 is 2.10 bits per heavy atom. The van der Waals surface area contributed by atoms with Crippen molar-refractivity contribution in [3.8, 4) is 0 Å². The van der Waals surface area contributed by atoms with Crippen LogP contribution in [0.15, 0.2) is 18.2 Å². The van der Waals surface area contributed by atoms with Crippen LogP contribution in [0, 0.1) is 0 Å². The van der Waals surface area contributed by atoms with E-state index in [-0.39, 0.29) is 11.3 Å². The van der Waals surface area contributed by atoms with Crippen molar-refractivity contribution >= 4 is 26.8 Å². The number of nitrogens with zero attached hydrogens (tertiary/aromatic N) is 2. The van der Waals surface area contributed by atoms with E-state index in [0.29, 0.717) is 12.1 Å². The van der Waals surface area contributed by atoms with Crippen LogP contribution in [-0.2, 0) is 22.8 Å². The SMILES string of the molecule is CCCc1nc2cc(C(=O)O)ccc2n1CCS(C)(=O)=O. The number of benzene rings is 1. The molecule has 0 saturated carbocycles. The number of aromatic carboxylic acids is 1. The molecule has 1 heterocycles. The number of imidazole rings is 1. The summed E-state index contributed by atoms with van der Waals surface area (Å²) in [4.78, 5) is 15.5. The number of carbonyl (C=O) groups is 1. The summed E-state index contributed by atoms with van der Waals surface area (Å²) in [6, 6.07) is 4.72. The fraction of sp³-hybridized carbons (Fsp3) is 0.429. The van der Waals surface area contributed by atoms with Crippen LogP contribution in [0.3, 0.4) is 0 Å². The zero-order valence-corrected chi connectivity index (χ0v) is 12.9. The first-order valence-corrected chi connectivity index (χ1v) is 8.78. The Balaban J connectivity index is 2.49. The van der Waals surface area contributed by atoms with Crippen LogP contribution in [0.25, 0.3) is 11.0 Å². The molecule has 21 heavy (non-hydrogen) atoms. The third kappa shape index (κ3) is 3.60. The van der Waals surface area contributed by atoms with E-state index in [1.165, 1.54) is 18.4 Å². The molecule has 0 fully saturated rings. The normalized spacial score (nSPS) is 11.9. The first kappa shape index (κ1) is 15.5. The Bertz CT molecular complexity index is 778. The number of carboxylic acid groups (broad SMARTS) is 1. The first-order valence-electron chi connectivity index (χ1n) is 6.72. The molecule has 0 amide bonds. The first-order chi connectivity index (χ1) is 9.81. The minimum absolute atomic E-state index is 0.0376. The molecule has 1 N–H and O–H groups in total. The molecule has 1 aromatic carbocycles. The van der Waals surface area contributed by atoms with Crippen molar-refractivity contribution in [3.05, 3.63) is 29.6 Å². The number of aryl methyl sites for hydroxylation is 2. The van der Waals surface area contributed by atoms with Crippen molar-refractivity contribution in [3.63, 3.8) is 0 Å². The molecule has 0 bridgehead atoms. The molecule has 0 unspecified atom stereocenters. The number of sulfone groups is 1. The van der Waals surface area contributed by atoms with Gasteiger partial charge in [-0.25, -0.2) is 18.2 Å². The summed E-state index contributed by atoms with van der Waals surface area (Å²) in [7, 11) is -3.06. The molecule has 2 rings (SSSR count). The third-order valence-electron chi connectivity index (χ3n) is 3.23. The van der Waals surface area contributed by atoms with Gasteiger partial charge in [-0.1, -0.05) is 6.92 Å². The van der Waals surface area contributed by atoms with Crippen molar-refractivity contribution in [1.82, 2.24) is 9.55 Å². The van der Waals surface area contributed by atoms with Crippen molar-refractivity contribution in [1.29, 1.82) is 0 Å². The lowest BCUT2D eigenvalue weighted by Crippen LogP contribution is -2.13. The van der Waals surface area contributed by atoms with Crippen molar-refractivity contribution in [2.24, 2.45) is 0 Å². The van der Waals surface area contributed by atoms with Crippen molar-refractivity contribution in [2.75, 3.05) is 12.0 Å². The van der Waals surface area contributed by atoms with E-state index in [1.807, 2.05) is 11.5 Å². The van der Waals surface area contributed by atoms with Crippen LogP contribution in [0.5, 0.6) is 0 Å². The summed E-state index contributed by atoms with van der Waals surface area (Å²) in [6.07, 6.45) is 2.81. The Morgan fingerprint density at radius 1 is 1.38 bits per heavy atom. The van der Waals surface area contributed by atoms with Gasteiger partial charge in [0.25, 0.3) is 0 Å². The van der Waals surface area contributed by atoms with Gasteiger partial charge in [0.2, 0.25) is 0 Å². The summed E-state index contributed by atoms with van der Waals surface area (Å²) < 4.78 is 24.6. The van der Waals surface area contributed by atoms with Gasteiger partial charge in [0.15, 0.2) is 0 Å². The van der Waals surface area contributed by atoms with E-state index in [0.717, 1.165) is 24.2 Å². The molecule has 1 aromatic heterocycles. The average Bonchev–Trinajstić information content (AvgIpc) is 2.72. The number of hydrogen-bond donors (Lipinski definition) is 1. The molecule has 7 heteroatoms. The van der Waals surface area contributed by atoms with E-state index in [1.54, 1.807) is 6.07 Å². The number of fused-ring (bicyclic) bond motifs is 1. The summed E-state index contributed by atoms with van der Waals surface area (Å²) in [5.74, 6) is -0.172. The molecule has 6 nitrogen and oxygen atoms in total. The highest BCUT2D eigenvalue weighted by Crippen LogP contribution is 2.19. The Labute approximate surface area is 123 Å². The van der Waals surface area contributed by atoms with E-state index in [9.17, 15) is 13.2 Å². The molecule has 0 aliphatic heterocycles. The Hall–Kier alpha value is -1.89. The second-order valence-corrected chi connectivity index (χ2v) is 7.33. The summed E-state index contributed by atoms with van der Waals surface area (Å²) in [5.41, 5.74) is 1.54. The van der Waals surface area contributed by atoms with Gasteiger partial charge in [-0.3, -0.25) is 0 Å². The summed E-state index contributed by atoms with van der Waals surface area (Å²) in [6.45, 7) is 2.35. The van der Waals surface area contributed by atoms with Crippen molar-refractivity contribution in [2.45, 2.75) is 26.3 Å². The van der Waals surface area contributed by atoms with E-state index in [4.69, 9.17) is 5.11 Å². The van der Waals surface area contributed by atoms with E-state index >= 15 is 0 Å². The van der Waals surface area contributed by atoms with Crippen LogP contribution >= 0.6 is 0 Å². The van der Waals surface area contributed by atoms with Crippen molar-refractivity contribution < 1.29 is 18.3 Å². The molecular formula is C14H18N2O4S. The highest BCUT2D eigenvalue weighted by atomic mass is 32.2. The van der Waals surface area contributed by atoms with Gasteiger partial charge in [-0.15, -0.1) is 0 Å². The molecule has 2 aromatic rings. The van der Waals surface area contributed by atoms with E-state index in [2.05, 4.69) is 4.98 Å². The minimum Gasteiger partial charge on any atom is -0.478 e. The van der Waals surface area contributed by atoms with Gasteiger partial charge >= 0.3 is 5.97 Å². The average molecular weight is 310 g/mol. The van der Waals surface area contributed by atoms with Crippen LogP contribution < -0.4 is 0 Å². The van der Waals surface area contributed by atoms with Crippen LogP contribution in [0.1, 0.15) is 29.5 Å². The second-order valence-electron chi connectivity index (χ2n) is 5.07. The fourth-order valence-electron chi connectivity index (χ4n) is 2.23. The molecule has 0 atom stereocenters. The maximum Gasteiger partial charge on any atom is 0.335 e. The lowest BCUT2D eigenvalue weighted by atomic mass is 10.2. The number of rotatable bonds is 6. The van der Waals surface area contributed by atoms with E-state index < -0.39 is 15.8 Å². The molecular weight excluding hydrogens is 292 g/mol. The van der Waals surface area contributed by atoms with Gasteiger partial charge in [-0.05, 0) is 24.6 Å². The zero-order chi connectivity index (χ0) is 15.6. The number of carboxylic acids is 1. The van der Waals surface area contributed by atoms with Gasteiger partial charge in [-0.2, -0.15) is 0 Å². The Morgan fingerprint density at radius 3 is 2.67 bits per heavy atom. The molecule has 0 spiro atoms. The number of hydrogen-bond acceptors (Lipinski definition) is 4. The molecule has 0 aliphatic carbocycles. The number of aromatic nitrogens is 2. The third-order valence-corrected chi connectivity index (χ3v) is 4.16. The monoisotopic (exact) mass is 310 g/mol. The molecule has 0 aliphatic rings. The van der Waals surface area contributed by atoms with Gasteiger partial charge in [0.05, 0.1) is 22.3 Å². The van der Waals surface area contributed by atoms with Gasteiger partial charge < -0.3 is 9.67 Å². The van der Waals surface area contributed by atoms with Crippen LogP contribution in [-0.4, -0.2) is 41.1 Å². The maximum absolute atomic E-state index is 11.4. The quantitative estimate of drug-likeness (QED) is 0.877. The summed E-state index contributed by atoms with van der Waals surface area (Å²) in [5, 5.41) is 9.02. The topological polar surface area (TPSA) is 89.3 Å². The van der Waals surface area contributed by atoms with Crippen LogP contribution in [0.4, 0.5) is 0 Å². The second kappa shape index (κ2) is 5.85. The highest BCUT2D eigenvalue weighted by molar-refractivity contribution is 7.90. The smallest absolute Gasteiger partial charge is 0.335 e. The highest BCUT2D eigenvalue weighted by Gasteiger charge is 2.14. The molecule has 0 radical (unpaired) electrons. The standard InChI is InChI=1S/C14H18N2O4S/c1-3-4-13-15-11-9-10(14(17)18)5-6-12(11)16(13)7-8-21(2,19)20/h5-6,9H,3-4,7-8H2,1-2H3,(H,17,18). The predicted octanol–water partition coefficient (Wildman–Crippen LogP) is 1.73. The zero-order valence-electron chi connectivity index (χ0n) is 12.0. The maximum atomic E-state index is 11.4. The largest absolute Gasteiger partial charge is 0.478 e. The van der Waals surface area contributed by atoms with Gasteiger partial charge in [0.1, 0.15) is 15.7 Å². The van der Waals surface area contributed by atoms with Gasteiger partial charge in [0, 0.05) is 19.2 Å². The fourth-order valence-corrected chi connectivity index (χ4v) is 2.75. The summed E-state index contributed by atoms with van der Waals surface area (Å²) >= 11 is 0. The predicted molar refractivity (Wildman–Crippen MR) is 80.4 cm³/mol. The Kier molecular flexibility index (Phi) is 4.32. The lowest BCUT2D eigenvalue weighted by molar-refractivity contribution is 0.0697. The molecule has 114 valence electrons.